The van der Waals surface area contributed by atoms with Crippen molar-refractivity contribution in [2.24, 2.45) is 7.05 Å². The number of hydrogen-bond acceptors (Lipinski definition) is 2. The standard InChI is InChI=1S/C22H14F5N3/c1-30-21(28-20(29-30)19-17(23)10-5-11-18(19)24)14-7-4-6-13(12-14)15-8-2-3-9-16(15)22(25,26)27/h2-12H,1H3. The lowest BCUT2D eigenvalue weighted by atomic mass is 9.97. The number of aromatic nitrogens is 3. The Morgan fingerprint density at radius 2 is 1.43 bits per heavy atom. The van der Waals surface area contributed by atoms with Gasteiger partial charge in [-0.1, -0.05) is 42.5 Å². The predicted molar refractivity (Wildman–Crippen MR) is 102 cm³/mol. The third-order valence-corrected chi connectivity index (χ3v) is 4.61. The summed E-state index contributed by atoms with van der Waals surface area (Å²) < 4.78 is 69.7. The fourth-order valence-electron chi connectivity index (χ4n) is 3.26. The minimum absolute atomic E-state index is 0.0226. The van der Waals surface area contributed by atoms with E-state index in [4.69, 9.17) is 0 Å². The molecular weight excluding hydrogens is 401 g/mol. The minimum atomic E-state index is -4.51. The normalized spacial score (nSPS) is 11.7. The van der Waals surface area contributed by atoms with Gasteiger partial charge in [0.2, 0.25) is 0 Å². The lowest BCUT2D eigenvalue weighted by Gasteiger charge is -2.13. The number of rotatable bonds is 3. The van der Waals surface area contributed by atoms with E-state index in [1.54, 1.807) is 25.2 Å². The van der Waals surface area contributed by atoms with Gasteiger partial charge in [0, 0.05) is 12.6 Å². The first-order valence-corrected chi connectivity index (χ1v) is 8.88. The Labute approximate surface area is 168 Å². The molecule has 3 nitrogen and oxygen atoms in total. The monoisotopic (exact) mass is 415 g/mol. The second-order valence-electron chi connectivity index (χ2n) is 6.60. The van der Waals surface area contributed by atoms with E-state index in [1.807, 2.05) is 0 Å². The van der Waals surface area contributed by atoms with Gasteiger partial charge in [0.15, 0.2) is 11.6 Å². The van der Waals surface area contributed by atoms with Crippen LogP contribution in [0.2, 0.25) is 0 Å². The minimum Gasteiger partial charge on any atom is -0.248 e. The van der Waals surface area contributed by atoms with Crippen molar-refractivity contribution in [1.29, 1.82) is 0 Å². The van der Waals surface area contributed by atoms with E-state index in [0.717, 1.165) is 18.2 Å². The van der Waals surface area contributed by atoms with E-state index in [-0.39, 0.29) is 22.8 Å². The van der Waals surface area contributed by atoms with Crippen molar-refractivity contribution in [2.75, 3.05) is 0 Å². The Kier molecular flexibility index (Phi) is 4.85. The molecule has 0 aliphatic rings. The van der Waals surface area contributed by atoms with Gasteiger partial charge in [0.1, 0.15) is 11.6 Å². The molecule has 0 N–H and O–H groups in total. The first-order chi connectivity index (χ1) is 14.3. The van der Waals surface area contributed by atoms with E-state index >= 15 is 0 Å². The molecule has 0 aliphatic carbocycles. The van der Waals surface area contributed by atoms with Crippen LogP contribution in [0.4, 0.5) is 22.0 Å². The third kappa shape index (κ3) is 3.56. The smallest absolute Gasteiger partial charge is 0.248 e. The van der Waals surface area contributed by atoms with Crippen LogP contribution in [0.15, 0.2) is 66.7 Å². The number of nitrogens with zero attached hydrogens (tertiary/aromatic N) is 3. The first kappa shape index (κ1) is 19.8. The highest BCUT2D eigenvalue weighted by molar-refractivity contribution is 5.73. The van der Waals surface area contributed by atoms with Crippen molar-refractivity contribution < 1.29 is 22.0 Å². The molecule has 0 atom stereocenters. The molecule has 4 rings (SSSR count). The molecule has 152 valence electrons. The summed E-state index contributed by atoms with van der Waals surface area (Å²) in [4.78, 5) is 4.23. The zero-order valence-corrected chi connectivity index (χ0v) is 15.6. The molecule has 0 saturated carbocycles. The first-order valence-electron chi connectivity index (χ1n) is 8.88. The molecule has 4 aromatic rings. The fraction of sp³-hybridized carbons (Fsp3) is 0.0909. The zero-order chi connectivity index (χ0) is 21.5. The topological polar surface area (TPSA) is 30.7 Å². The summed E-state index contributed by atoms with van der Waals surface area (Å²) in [7, 11) is 1.54. The summed E-state index contributed by atoms with van der Waals surface area (Å²) in [5.74, 6) is -1.50. The average molecular weight is 415 g/mol. The van der Waals surface area contributed by atoms with Gasteiger partial charge in [-0.3, -0.25) is 0 Å². The number of halogens is 5. The maximum atomic E-state index is 14.1. The van der Waals surface area contributed by atoms with Crippen LogP contribution in [0.3, 0.4) is 0 Å². The zero-order valence-electron chi connectivity index (χ0n) is 15.6. The Hall–Kier alpha value is -3.55. The molecule has 0 bridgehead atoms. The number of aryl methyl sites for hydroxylation is 1. The predicted octanol–water partition coefficient (Wildman–Crippen LogP) is 6.11. The van der Waals surface area contributed by atoms with Gasteiger partial charge in [0.05, 0.1) is 11.1 Å². The molecule has 8 heteroatoms. The molecule has 0 spiro atoms. The van der Waals surface area contributed by atoms with E-state index < -0.39 is 23.4 Å². The summed E-state index contributed by atoms with van der Waals surface area (Å²) >= 11 is 0. The van der Waals surface area contributed by atoms with Gasteiger partial charge in [-0.25, -0.2) is 18.4 Å². The van der Waals surface area contributed by atoms with Gasteiger partial charge < -0.3 is 0 Å². The fourth-order valence-corrected chi connectivity index (χ4v) is 3.26. The summed E-state index contributed by atoms with van der Waals surface area (Å²) in [6, 6.07) is 15.0. The van der Waals surface area contributed by atoms with Crippen molar-refractivity contribution >= 4 is 0 Å². The second-order valence-corrected chi connectivity index (χ2v) is 6.60. The molecule has 0 radical (unpaired) electrons. The summed E-state index contributed by atoms with van der Waals surface area (Å²) in [6.07, 6.45) is -4.51. The summed E-state index contributed by atoms with van der Waals surface area (Å²) in [5, 5.41) is 4.08. The number of benzene rings is 3. The van der Waals surface area contributed by atoms with Crippen LogP contribution in [0.5, 0.6) is 0 Å². The second kappa shape index (κ2) is 7.37. The molecule has 0 unspecified atom stereocenters. The van der Waals surface area contributed by atoms with E-state index in [9.17, 15) is 22.0 Å². The van der Waals surface area contributed by atoms with E-state index in [1.165, 1.54) is 35.0 Å². The molecular formula is C22H14F5N3. The summed E-state index contributed by atoms with van der Waals surface area (Å²) in [5.41, 5.74) is -0.300. The molecule has 1 heterocycles. The van der Waals surface area contributed by atoms with Gasteiger partial charge >= 0.3 is 6.18 Å². The van der Waals surface area contributed by atoms with Crippen LogP contribution in [0.25, 0.3) is 33.9 Å². The van der Waals surface area contributed by atoms with Gasteiger partial charge in [-0.2, -0.15) is 18.3 Å². The van der Waals surface area contributed by atoms with Crippen molar-refractivity contribution in [3.63, 3.8) is 0 Å². The highest BCUT2D eigenvalue weighted by Gasteiger charge is 2.33. The molecule has 0 amide bonds. The highest BCUT2D eigenvalue weighted by atomic mass is 19.4. The Bertz CT molecular complexity index is 1210. The van der Waals surface area contributed by atoms with Crippen molar-refractivity contribution in [3.05, 3.63) is 83.9 Å². The molecule has 0 saturated heterocycles. The van der Waals surface area contributed by atoms with E-state index in [2.05, 4.69) is 10.1 Å². The molecule has 30 heavy (non-hydrogen) atoms. The van der Waals surface area contributed by atoms with Crippen molar-refractivity contribution in [3.8, 4) is 33.9 Å². The number of hydrogen-bond donors (Lipinski definition) is 0. The molecule has 3 aromatic carbocycles. The quantitative estimate of drug-likeness (QED) is 0.378. The lowest BCUT2D eigenvalue weighted by Crippen LogP contribution is -2.06. The number of alkyl halides is 3. The van der Waals surface area contributed by atoms with Gasteiger partial charge in [0.25, 0.3) is 0 Å². The van der Waals surface area contributed by atoms with Crippen LogP contribution in [-0.2, 0) is 13.2 Å². The maximum absolute atomic E-state index is 14.1. The van der Waals surface area contributed by atoms with Crippen molar-refractivity contribution in [2.45, 2.75) is 6.18 Å². The van der Waals surface area contributed by atoms with Gasteiger partial charge in [-0.05, 0) is 35.4 Å². The van der Waals surface area contributed by atoms with Gasteiger partial charge in [-0.15, -0.1) is 0 Å². The van der Waals surface area contributed by atoms with Crippen LogP contribution in [-0.4, -0.2) is 14.8 Å². The molecule has 0 aliphatic heterocycles. The van der Waals surface area contributed by atoms with E-state index in [0.29, 0.717) is 11.1 Å². The lowest BCUT2D eigenvalue weighted by molar-refractivity contribution is -0.137. The maximum Gasteiger partial charge on any atom is 0.417 e. The van der Waals surface area contributed by atoms with Crippen LogP contribution >= 0.6 is 0 Å². The SMILES string of the molecule is Cn1nc(-c2c(F)cccc2F)nc1-c1cccc(-c2ccccc2C(F)(F)F)c1. The Balaban J connectivity index is 1.81. The highest BCUT2D eigenvalue weighted by Crippen LogP contribution is 2.38. The Morgan fingerprint density at radius 3 is 2.13 bits per heavy atom. The van der Waals surface area contributed by atoms with Crippen molar-refractivity contribution in [1.82, 2.24) is 14.8 Å². The Morgan fingerprint density at radius 1 is 0.800 bits per heavy atom. The van der Waals surface area contributed by atoms with Crippen LogP contribution in [0, 0.1) is 11.6 Å². The molecule has 0 fully saturated rings. The molecule has 1 aromatic heterocycles. The average Bonchev–Trinajstić information content (AvgIpc) is 3.08. The summed E-state index contributed by atoms with van der Waals surface area (Å²) in [6.45, 7) is 0. The van der Waals surface area contributed by atoms with Crippen LogP contribution in [0.1, 0.15) is 5.56 Å². The largest absolute Gasteiger partial charge is 0.417 e. The van der Waals surface area contributed by atoms with Crippen LogP contribution < -0.4 is 0 Å². The third-order valence-electron chi connectivity index (χ3n) is 4.61.